The predicted octanol–water partition coefficient (Wildman–Crippen LogP) is 6.14. The van der Waals surface area contributed by atoms with Gasteiger partial charge in [-0.2, -0.15) is 0 Å². The smallest absolute Gasteiger partial charge is 0.341 e. The first-order valence-electron chi connectivity index (χ1n) is 11.5. The summed E-state index contributed by atoms with van der Waals surface area (Å²) in [6.45, 7) is 11.3. The van der Waals surface area contributed by atoms with Gasteiger partial charge in [-0.05, 0) is 67.2 Å². The number of nitrogens with one attached hydrogen (secondary N) is 1. The monoisotopic (exact) mass is 457 g/mol. The van der Waals surface area contributed by atoms with E-state index in [1.165, 1.54) is 21.8 Å². The molecule has 1 N–H and O–H groups in total. The molecule has 2 aromatic rings. The van der Waals surface area contributed by atoms with Crippen LogP contribution in [-0.4, -0.2) is 25.1 Å². The van der Waals surface area contributed by atoms with Crippen molar-refractivity contribution >= 4 is 28.2 Å². The highest BCUT2D eigenvalue weighted by molar-refractivity contribution is 7.17. The third-order valence-corrected chi connectivity index (χ3v) is 6.95. The van der Waals surface area contributed by atoms with E-state index in [4.69, 9.17) is 9.47 Å². The molecule has 0 aliphatic heterocycles. The average Bonchev–Trinajstić information content (AvgIpc) is 3.07. The summed E-state index contributed by atoms with van der Waals surface area (Å²) in [5.74, 6) is 0.961. The molecular formula is C26H35NO4S. The molecule has 1 aliphatic rings. The quantitative estimate of drug-likeness (QED) is 0.382. The Bertz CT molecular complexity index is 940. The molecule has 1 aromatic carbocycles. The zero-order valence-corrected chi connectivity index (χ0v) is 20.7. The summed E-state index contributed by atoms with van der Waals surface area (Å²) in [5.41, 5.74) is 2.98. The van der Waals surface area contributed by atoms with Gasteiger partial charge < -0.3 is 14.8 Å². The highest BCUT2D eigenvalue weighted by Gasteiger charge is 2.29. The maximum absolute atomic E-state index is 12.6. The van der Waals surface area contributed by atoms with Crippen molar-refractivity contribution in [3.8, 4) is 5.75 Å². The van der Waals surface area contributed by atoms with E-state index in [0.717, 1.165) is 30.6 Å². The Balaban J connectivity index is 1.55. The number of hydrogen-bond donors (Lipinski definition) is 1. The number of carbonyl (C=O) groups is 2. The van der Waals surface area contributed by atoms with E-state index in [-0.39, 0.29) is 17.3 Å². The lowest BCUT2D eigenvalue weighted by Crippen LogP contribution is -2.17. The summed E-state index contributed by atoms with van der Waals surface area (Å²) in [6.07, 6.45) is 3.80. The molecule has 0 saturated heterocycles. The molecule has 0 spiro atoms. The molecule has 32 heavy (non-hydrogen) atoms. The van der Waals surface area contributed by atoms with Gasteiger partial charge in [-0.1, -0.05) is 39.8 Å². The Morgan fingerprint density at radius 1 is 1.19 bits per heavy atom. The van der Waals surface area contributed by atoms with Gasteiger partial charge in [0.2, 0.25) is 5.91 Å². The lowest BCUT2D eigenvalue weighted by Gasteiger charge is -2.19. The number of esters is 1. The number of ether oxygens (including phenoxy) is 2. The van der Waals surface area contributed by atoms with E-state index in [2.05, 4.69) is 45.1 Å². The Hall–Kier alpha value is -2.34. The average molecular weight is 458 g/mol. The van der Waals surface area contributed by atoms with Crippen molar-refractivity contribution in [3.63, 3.8) is 0 Å². The van der Waals surface area contributed by atoms with Gasteiger partial charge in [-0.15, -0.1) is 11.3 Å². The van der Waals surface area contributed by atoms with Crippen LogP contribution in [-0.2, 0) is 27.8 Å². The number of thiophene rings is 1. The van der Waals surface area contributed by atoms with Gasteiger partial charge in [0.25, 0.3) is 0 Å². The molecule has 5 nitrogen and oxygen atoms in total. The predicted molar refractivity (Wildman–Crippen MR) is 130 cm³/mol. The number of carbonyl (C=O) groups excluding carboxylic acids is 2. The van der Waals surface area contributed by atoms with Gasteiger partial charge >= 0.3 is 5.97 Å². The van der Waals surface area contributed by atoms with Crippen LogP contribution in [0.2, 0.25) is 0 Å². The molecule has 1 atom stereocenters. The largest absolute Gasteiger partial charge is 0.494 e. The molecule has 0 radical (unpaired) electrons. The molecule has 1 aliphatic carbocycles. The molecule has 174 valence electrons. The van der Waals surface area contributed by atoms with Gasteiger partial charge in [-0.3, -0.25) is 4.79 Å². The molecule has 0 saturated carbocycles. The van der Waals surface area contributed by atoms with Crippen molar-refractivity contribution in [3.05, 3.63) is 45.8 Å². The summed E-state index contributed by atoms with van der Waals surface area (Å²) in [5, 5.41) is 3.60. The molecule has 1 unspecified atom stereocenters. The third kappa shape index (κ3) is 6.12. The van der Waals surface area contributed by atoms with E-state index in [0.29, 0.717) is 42.5 Å². The molecule has 1 heterocycles. The van der Waals surface area contributed by atoms with E-state index in [9.17, 15) is 9.59 Å². The number of fused-ring (bicyclic) bond motifs is 1. The van der Waals surface area contributed by atoms with Crippen molar-refractivity contribution in [1.82, 2.24) is 0 Å². The van der Waals surface area contributed by atoms with Crippen LogP contribution in [0, 0.1) is 5.92 Å². The minimum Gasteiger partial charge on any atom is -0.494 e. The maximum atomic E-state index is 12.6. The minimum atomic E-state index is -0.336. The maximum Gasteiger partial charge on any atom is 0.341 e. The fraction of sp³-hybridized carbons (Fsp3) is 0.538. The van der Waals surface area contributed by atoms with Crippen molar-refractivity contribution in [2.45, 2.75) is 72.1 Å². The summed E-state index contributed by atoms with van der Waals surface area (Å²) in [7, 11) is 0. The van der Waals surface area contributed by atoms with Gasteiger partial charge in [0.1, 0.15) is 10.8 Å². The fourth-order valence-electron chi connectivity index (χ4n) is 3.92. The first-order valence-corrected chi connectivity index (χ1v) is 12.4. The van der Waals surface area contributed by atoms with Crippen LogP contribution in [0.5, 0.6) is 5.75 Å². The van der Waals surface area contributed by atoms with E-state index in [1.807, 2.05) is 12.1 Å². The summed E-state index contributed by atoms with van der Waals surface area (Å²) >= 11 is 1.52. The van der Waals surface area contributed by atoms with Gasteiger partial charge in [0.15, 0.2) is 0 Å². The number of hydrogen-bond acceptors (Lipinski definition) is 5. The molecule has 3 rings (SSSR count). The van der Waals surface area contributed by atoms with Crippen LogP contribution in [0.4, 0.5) is 5.00 Å². The van der Waals surface area contributed by atoms with Crippen LogP contribution in [0.25, 0.3) is 0 Å². The molecular weight excluding hydrogens is 422 g/mol. The van der Waals surface area contributed by atoms with Gasteiger partial charge in [0.05, 0.1) is 18.8 Å². The second-order valence-electron chi connectivity index (χ2n) is 9.55. The number of amides is 1. The molecule has 0 fully saturated rings. The van der Waals surface area contributed by atoms with Gasteiger partial charge in [-0.25, -0.2) is 4.79 Å². The summed E-state index contributed by atoms with van der Waals surface area (Å²) in [6, 6.07) is 8.11. The van der Waals surface area contributed by atoms with Crippen LogP contribution >= 0.6 is 11.3 Å². The SMILES string of the molecule is CCOC(=O)c1c(NC(=O)CCCOc2ccc(C(C)(C)C)cc2)sc2c1CCC(C)C2. The fourth-order valence-corrected chi connectivity index (χ4v) is 5.34. The highest BCUT2D eigenvalue weighted by Crippen LogP contribution is 2.40. The van der Waals surface area contributed by atoms with E-state index < -0.39 is 0 Å². The van der Waals surface area contributed by atoms with Crippen molar-refractivity contribution < 1.29 is 19.1 Å². The second-order valence-corrected chi connectivity index (χ2v) is 10.7. The molecule has 1 aromatic heterocycles. The lowest BCUT2D eigenvalue weighted by atomic mass is 9.87. The number of anilines is 1. The Labute approximate surface area is 195 Å². The van der Waals surface area contributed by atoms with E-state index >= 15 is 0 Å². The van der Waals surface area contributed by atoms with Gasteiger partial charge in [0, 0.05) is 11.3 Å². The van der Waals surface area contributed by atoms with Crippen LogP contribution in [0.15, 0.2) is 24.3 Å². The van der Waals surface area contributed by atoms with Crippen LogP contribution in [0.1, 0.15) is 80.2 Å². The highest BCUT2D eigenvalue weighted by atomic mass is 32.1. The second kappa shape index (κ2) is 10.5. The lowest BCUT2D eigenvalue weighted by molar-refractivity contribution is -0.116. The zero-order valence-electron chi connectivity index (χ0n) is 19.9. The first-order chi connectivity index (χ1) is 15.2. The zero-order chi connectivity index (χ0) is 23.3. The standard InChI is InChI=1S/C26H35NO4S/c1-6-30-25(29)23-20-14-9-17(2)16-21(20)32-24(23)27-22(28)8-7-15-31-19-12-10-18(11-13-19)26(3,4)5/h10-13,17H,6-9,14-16H2,1-5H3,(H,27,28). The summed E-state index contributed by atoms with van der Waals surface area (Å²) < 4.78 is 11.1. The van der Waals surface area contributed by atoms with Crippen LogP contribution in [0.3, 0.4) is 0 Å². The normalized spacial score (nSPS) is 15.7. The Morgan fingerprint density at radius 3 is 2.56 bits per heavy atom. The van der Waals surface area contributed by atoms with Crippen molar-refractivity contribution in [2.75, 3.05) is 18.5 Å². The minimum absolute atomic E-state index is 0.103. The Morgan fingerprint density at radius 2 is 1.91 bits per heavy atom. The Kier molecular flexibility index (Phi) is 7.99. The van der Waals surface area contributed by atoms with E-state index in [1.54, 1.807) is 6.92 Å². The molecule has 6 heteroatoms. The third-order valence-electron chi connectivity index (χ3n) is 5.78. The topological polar surface area (TPSA) is 64.6 Å². The van der Waals surface area contributed by atoms with Crippen molar-refractivity contribution in [1.29, 1.82) is 0 Å². The number of rotatable bonds is 8. The van der Waals surface area contributed by atoms with Crippen LogP contribution < -0.4 is 10.1 Å². The molecule has 1 amide bonds. The first kappa shape index (κ1) is 24.3. The number of benzene rings is 1. The molecule has 0 bridgehead atoms. The summed E-state index contributed by atoms with van der Waals surface area (Å²) in [4.78, 5) is 26.4. The van der Waals surface area contributed by atoms with Crippen molar-refractivity contribution in [2.24, 2.45) is 5.92 Å².